The average Bonchev–Trinajstić information content (AvgIpc) is 3.26. The predicted molar refractivity (Wildman–Crippen MR) is 123 cm³/mol. The number of amides is 1. The number of sulfonamides is 2. The maximum Gasteiger partial charge on any atom is 0.253 e. The van der Waals surface area contributed by atoms with E-state index in [1.165, 1.54) is 32.1 Å². The first-order valence-electron chi connectivity index (χ1n) is 10.7. The first-order valence-corrected chi connectivity index (χ1v) is 14.4. The molecule has 4 rings (SSSR count). The first kappa shape index (κ1) is 23.4. The van der Waals surface area contributed by atoms with Crippen LogP contribution in [-0.2, 0) is 20.0 Å². The second kappa shape index (κ2) is 9.22. The molecular weight excluding hydrogens is 470 g/mol. The average molecular weight is 498 g/mol. The summed E-state index contributed by atoms with van der Waals surface area (Å²) in [6.45, 7) is 3.78. The van der Waals surface area contributed by atoms with E-state index < -0.39 is 20.0 Å². The summed E-state index contributed by atoms with van der Waals surface area (Å²) in [5.74, 6) is -0.287. The number of hydrogen-bond donors (Lipinski definition) is 0. The third kappa shape index (κ3) is 4.62. The highest BCUT2D eigenvalue weighted by atomic mass is 32.2. The molecule has 0 atom stereocenters. The molecule has 0 spiro atoms. The van der Waals surface area contributed by atoms with Crippen LogP contribution in [0.5, 0.6) is 0 Å². The topological polar surface area (TPSA) is 95.1 Å². The van der Waals surface area contributed by atoms with Gasteiger partial charge in [0.2, 0.25) is 10.0 Å². The summed E-state index contributed by atoms with van der Waals surface area (Å²) in [5.41, 5.74) is 0.299. The van der Waals surface area contributed by atoms with Gasteiger partial charge < -0.3 is 4.90 Å². The lowest BCUT2D eigenvalue weighted by Gasteiger charge is -2.33. The Morgan fingerprint density at radius 2 is 1.47 bits per heavy atom. The van der Waals surface area contributed by atoms with Gasteiger partial charge in [0.05, 0.1) is 4.90 Å². The summed E-state index contributed by atoms with van der Waals surface area (Å²) in [7, 11) is -7.19. The Kier molecular flexibility index (Phi) is 6.73. The highest BCUT2D eigenvalue weighted by molar-refractivity contribution is 7.91. The predicted octanol–water partition coefficient (Wildman–Crippen LogP) is 2.38. The Balaban J connectivity index is 1.45. The standard InChI is InChI=1S/C21H27N3O5S3/c1-17-8-9-20(30-17)32(28,29)24-14-12-22(13-15-24)21(25)18-6-5-7-19(16-18)31(26,27)23-10-3-2-4-11-23/h5-9,16H,2-4,10-15H2,1H3. The first-order chi connectivity index (χ1) is 15.2. The van der Waals surface area contributed by atoms with Crippen LogP contribution in [0.2, 0.25) is 0 Å². The van der Waals surface area contributed by atoms with E-state index in [9.17, 15) is 21.6 Å². The Morgan fingerprint density at radius 3 is 2.09 bits per heavy atom. The van der Waals surface area contributed by atoms with E-state index in [1.54, 1.807) is 29.2 Å². The molecule has 11 heteroatoms. The monoisotopic (exact) mass is 497 g/mol. The summed E-state index contributed by atoms with van der Waals surface area (Å²) in [6.07, 6.45) is 2.71. The molecular formula is C21H27N3O5S3. The van der Waals surface area contributed by atoms with Crippen LogP contribution in [0.15, 0.2) is 45.5 Å². The molecule has 0 unspecified atom stereocenters. The number of thiophene rings is 1. The highest BCUT2D eigenvalue weighted by Gasteiger charge is 2.32. The molecule has 0 bridgehead atoms. The van der Waals surface area contributed by atoms with Crippen molar-refractivity contribution >= 4 is 37.3 Å². The van der Waals surface area contributed by atoms with Crippen molar-refractivity contribution in [1.82, 2.24) is 13.5 Å². The van der Waals surface area contributed by atoms with E-state index in [0.717, 1.165) is 24.1 Å². The van der Waals surface area contributed by atoms with Crippen LogP contribution in [0.4, 0.5) is 0 Å². The lowest BCUT2D eigenvalue weighted by atomic mass is 10.2. The maximum absolute atomic E-state index is 13.0. The van der Waals surface area contributed by atoms with Crippen molar-refractivity contribution in [2.75, 3.05) is 39.3 Å². The molecule has 0 saturated carbocycles. The lowest BCUT2D eigenvalue weighted by Crippen LogP contribution is -2.50. The van der Waals surface area contributed by atoms with Gasteiger partial charge >= 0.3 is 0 Å². The van der Waals surface area contributed by atoms with Gasteiger partial charge in [-0.25, -0.2) is 16.8 Å². The third-order valence-corrected chi connectivity index (χ3v) is 11.1. The molecule has 0 radical (unpaired) electrons. The Morgan fingerprint density at radius 1 is 0.812 bits per heavy atom. The van der Waals surface area contributed by atoms with E-state index >= 15 is 0 Å². The highest BCUT2D eigenvalue weighted by Crippen LogP contribution is 2.26. The zero-order valence-electron chi connectivity index (χ0n) is 17.9. The van der Waals surface area contributed by atoms with E-state index in [1.807, 2.05) is 6.92 Å². The molecule has 2 saturated heterocycles. The molecule has 1 amide bonds. The van der Waals surface area contributed by atoms with E-state index in [0.29, 0.717) is 22.9 Å². The number of carbonyl (C=O) groups is 1. The second-order valence-corrected chi connectivity index (χ2v) is 13.4. The normalized spacial score (nSPS) is 19.2. The smallest absolute Gasteiger partial charge is 0.253 e. The van der Waals surface area contributed by atoms with Gasteiger partial charge in [0.15, 0.2) is 0 Å². The zero-order valence-corrected chi connectivity index (χ0v) is 20.4. The van der Waals surface area contributed by atoms with Crippen molar-refractivity contribution in [3.05, 3.63) is 46.8 Å². The number of hydrogen-bond acceptors (Lipinski definition) is 6. The van der Waals surface area contributed by atoms with Crippen LogP contribution in [0.3, 0.4) is 0 Å². The fourth-order valence-corrected chi connectivity index (χ4v) is 8.46. The van der Waals surface area contributed by atoms with Crippen molar-refractivity contribution in [3.63, 3.8) is 0 Å². The van der Waals surface area contributed by atoms with Gasteiger partial charge in [0, 0.05) is 49.7 Å². The summed E-state index contributed by atoms with van der Waals surface area (Å²) < 4.78 is 54.7. The van der Waals surface area contributed by atoms with E-state index in [-0.39, 0.29) is 37.0 Å². The molecule has 32 heavy (non-hydrogen) atoms. The van der Waals surface area contributed by atoms with Gasteiger partial charge in [-0.05, 0) is 50.1 Å². The minimum absolute atomic E-state index is 0.125. The summed E-state index contributed by atoms with van der Waals surface area (Å²) >= 11 is 1.24. The number of carbonyl (C=O) groups excluding carboxylic acids is 1. The van der Waals surface area contributed by atoms with E-state index in [4.69, 9.17) is 0 Å². The Hall–Kier alpha value is -1.79. The fraction of sp³-hybridized carbons (Fsp3) is 0.476. The van der Waals surface area contributed by atoms with Crippen molar-refractivity contribution in [3.8, 4) is 0 Å². The Bertz CT molecular complexity index is 1190. The molecule has 1 aromatic carbocycles. The van der Waals surface area contributed by atoms with Crippen LogP contribution >= 0.6 is 11.3 Å². The summed E-state index contributed by atoms with van der Waals surface area (Å²) in [5, 5.41) is 0. The largest absolute Gasteiger partial charge is 0.336 e. The number of aryl methyl sites for hydroxylation is 1. The minimum atomic E-state index is -3.63. The van der Waals surface area contributed by atoms with Crippen molar-refractivity contribution < 1.29 is 21.6 Å². The van der Waals surface area contributed by atoms with Crippen LogP contribution < -0.4 is 0 Å². The maximum atomic E-state index is 13.0. The van der Waals surface area contributed by atoms with Crippen molar-refractivity contribution in [1.29, 1.82) is 0 Å². The SMILES string of the molecule is Cc1ccc(S(=O)(=O)N2CCN(C(=O)c3cccc(S(=O)(=O)N4CCCCC4)c3)CC2)s1. The number of piperidine rings is 1. The van der Waals surface area contributed by atoms with E-state index in [2.05, 4.69) is 0 Å². The quantitative estimate of drug-likeness (QED) is 0.632. The molecule has 2 aliphatic heterocycles. The molecule has 3 heterocycles. The molecule has 1 aromatic heterocycles. The molecule has 2 fully saturated rings. The van der Waals surface area contributed by atoms with Crippen LogP contribution in [-0.4, -0.2) is 75.5 Å². The number of rotatable bonds is 5. The van der Waals surface area contributed by atoms with Gasteiger partial charge in [0.1, 0.15) is 4.21 Å². The number of nitrogens with zero attached hydrogens (tertiary/aromatic N) is 3. The minimum Gasteiger partial charge on any atom is -0.336 e. The summed E-state index contributed by atoms with van der Waals surface area (Å²) in [6, 6.07) is 9.54. The molecule has 0 aliphatic carbocycles. The number of piperazine rings is 1. The summed E-state index contributed by atoms with van der Waals surface area (Å²) in [4.78, 5) is 15.7. The van der Waals surface area contributed by atoms with Gasteiger partial charge in [-0.2, -0.15) is 8.61 Å². The molecule has 174 valence electrons. The van der Waals surface area contributed by atoms with Gasteiger partial charge in [-0.3, -0.25) is 4.79 Å². The van der Waals surface area contributed by atoms with Gasteiger partial charge in [-0.15, -0.1) is 11.3 Å². The lowest BCUT2D eigenvalue weighted by molar-refractivity contribution is 0.0697. The molecule has 2 aromatic rings. The Labute approximate surface area is 193 Å². The second-order valence-electron chi connectivity index (χ2n) is 8.05. The van der Waals surface area contributed by atoms with Gasteiger partial charge in [-0.1, -0.05) is 12.5 Å². The third-order valence-electron chi connectivity index (χ3n) is 5.87. The van der Waals surface area contributed by atoms with Crippen LogP contribution in [0, 0.1) is 6.92 Å². The van der Waals surface area contributed by atoms with Crippen molar-refractivity contribution in [2.24, 2.45) is 0 Å². The van der Waals surface area contributed by atoms with Crippen LogP contribution in [0.25, 0.3) is 0 Å². The van der Waals surface area contributed by atoms with Gasteiger partial charge in [0.25, 0.3) is 15.9 Å². The van der Waals surface area contributed by atoms with Crippen molar-refractivity contribution in [2.45, 2.75) is 35.3 Å². The fourth-order valence-electron chi connectivity index (χ4n) is 4.04. The zero-order chi connectivity index (χ0) is 22.9. The molecule has 8 nitrogen and oxygen atoms in total. The molecule has 2 aliphatic rings. The number of benzene rings is 1. The molecule has 0 N–H and O–H groups in total. The van der Waals surface area contributed by atoms with Crippen LogP contribution in [0.1, 0.15) is 34.5 Å².